The van der Waals surface area contributed by atoms with Gasteiger partial charge in [0.05, 0.1) is 6.20 Å². The molecule has 0 saturated carbocycles. The molecule has 1 aromatic heterocycles. The molecule has 0 aliphatic rings. The Morgan fingerprint density at radius 1 is 1.47 bits per heavy atom. The van der Waals surface area contributed by atoms with Crippen molar-refractivity contribution in [1.82, 2.24) is 9.97 Å². The zero-order valence-electron chi connectivity index (χ0n) is 11.0. The molecule has 17 heavy (non-hydrogen) atoms. The van der Waals surface area contributed by atoms with Crippen molar-refractivity contribution in [2.24, 2.45) is 5.92 Å². The zero-order valence-corrected chi connectivity index (χ0v) is 11.0. The average molecular weight is 240 g/mol. The minimum absolute atomic E-state index is 0.358. The Bertz CT molecular complexity index is 356. The Kier molecular flexibility index (Phi) is 5.12. The van der Waals surface area contributed by atoms with E-state index in [-0.39, 0.29) is 5.82 Å². The highest BCUT2D eigenvalue weighted by Crippen LogP contribution is 2.17. The molecule has 0 aromatic carbocycles. The molecule has 5 heteroatoms. The molecule has 0 fully saturated rings. The lowest BCUT2D eigenvalue weighted by atomic mass is 10.1. The molecule has 1 heterocycles. The minimum atomic E-state index is -0.377. The molecule has 1 rings (SSSR count). The third kappa shape index (κ3) is 3.84. The topological polar surface area (TPSA) is 41.1 Å². The third-order valence-corrected chi connectivity index (χ3v) is 2.70. The maximum absolute atomic E-state index is 13.6. The van der Waals surface area contributed by atoms with Crippen LogP contribution in [0.1, 0.15) is 27.2 Å². The van der Waals surface area contributed by atoms with E-state index in [2.05, 4.69) is 29.1 Å². The minimum Gasteiger partial charge on any atom is -0.357 e. The molecule has 0 aliphatic heterocycles. The summed E-state index contributed by atoms with van der Waals surface area (Å²) in [5, 5.41) is 2.98. The molecule has 0 amide bonds. The highest BCUT2D eigenvalue weighted by atomic mass is 19.1. The molecular formula is C12H21FN4. The molecule has 4 nitrogen and oxygen atoms in total. The van der Waals surface area contributed by atoms with E-state index in [1.165, 1.54) is 6.20 Å². The van der Waals surface area contributed by atoms with E-state index in [9.17, 15) is 4.39 Å². The smallest absolute Gasteiger partial charge is 0.224 e. The van der Waals surface area contributed by atoms with E-state index in [0.717, 1.165) is 19.5 Å². The fourth-order valence-electron chi connectivity index (χ4n) is 1.55. The van der Waals surface area contributed by atoms with Crippen LogP contribution < -0.4 is 10.2 Å². The molecule has 96 valence electrons. The predicted octanol–water partition coefficient (Wildman–Crippen LogP) is 2.53. The second kappa shape index (κ2) is 6.37. The SMILES string of the molecule is CCNc1ncc(F)c(N(C)CC(C)CC)n1. The lowest BCUT2D eigenvalue weighted by Gasteiger charge is -2.22. The van der Waals surface area contributed by atoms with Gasteiger partial charge in [0, 0.05) is 20.1 Å². The molecule has 1 unspecified atom stereocenters. The Hall–Kier alpha value is -1.39. The summed E-state index contributed by atoms with van der Waals surface area (Å²) in [7, 11) is 1.85. The van der Waals surface area contributed by atoms with Gasteiger partial charge in [-0.1, -0.05) is 20.3 Å². The Balaban J connectivity index is 2.83. The van der Waals surface area contributed by atoms with Crippen molar-refractivity contribution in [3.63, 3.8) is 0 Å². The van der Waals surface area contributed by atoms with E-state index >= 15 is 0 Å². The summed E-state index contributed by atoms with van der Waals surface area (Å²) in [6, 6.07) is 0. The molecule has 0 aliphatic carbocycles. The van der Waals surface area contributed by atoms with Crippen LogP contribution in [0.4, 0.5) is 16.2 Å². The van der Waals surface area contributed by atoms with Crippen LogP contribution in [0.3, 0.4) is 0 Å². The van der Waals surface area contributed by atoms with E-state index in [1.807, 2.05) is 18.9 Å². The van der Waals surface area contributed by atoms with Crippen LogP contribution >= 0.6 is 0 Å². The molecule has 1 N–H and O–H groups in total. The fraction of sp³-hybridized carbons (Fsp3) is 0.667. The van der Waals surface area contributed by atoms with Gasteiger partial charge < -0.3 is 10.2 Å². The van der Waals surface area contributed by atoms with Gasteiger partial charge in [-0.3, -0.25) is 0 Å². The van der Waals surface area contributed by atoms with E-state index < -0.39 is 0 Å². The average Bonchev–Trinajstić information content (AvgIpc) is 2.31. The summed E-state index contributed by atoms with van der Waals surface area (Å²) in [5.41, 5.74) is 0. The zero-order chi connectivity index (χ0) is 12.8. The highest BCUT2D eigenvalue weighted by Gasteiger charge is 2.13. The Morgan fingerprint density at radius 3 is 2.76 bits per heavy atom. The Morgan fingerprint density at radius 2 is 2.18 bits per heavy atom. The van der Waals surface area contributed by atoms with Gasteiger partial charge in [0.15, 0.2) is 11.6 Å². The van der Waals surface area contributed by atoms with Gasteiger partial charge in [-0.15, -0.1) is 0 Å². The molecule has 1 atom stereocenters. The first-order valence-electron chi connectivity index (χ1n) is 6.06. The first-order valence-corrected chi connectivity index (χ1v) is 6.06. The summed E-state index contributed by atoms with van der Waals surface area (Å²) in [4.78, 5) is 9.90. The van der Waals surface area contributed by atoms with Gasteiger partial charge in [0.2, 0.25) is 5.95 Å². The third-order valence-electron chi connectivity index (χ3n) is 2.70. The summed E-state index contributed by atoms with van der Waals surface area (Å²) >= 11 is 0. The van der Waals surface area contributed by atoms with Crippen molar-refractivity contribution in [3.8, 4) is 0 Å². The number of hydrogen-bond donors (Lipinski definition) is 1. The monoisotopic (exact) mass is 240 g/mol. The second-order valence-corrected chi connectivity index (χ2v) is 4.29. The maximum Gasteiger partial charge on any atom is 0.224 e. The summed E-state index contributed by atoms with van der Waals surface area (Å²) in [5.74, 6) is 0.963. The number of anilines is 2. The fourth-order valence-corrected chi connectivity index (χ4v) is 1.55. The van der Waals surface area contributed by atoms with Crippen LogP contribution in [0, 0.1) is 11.7 Å². The lowest BCUT2D eigenvalue weighted by molar-refractivity contribution is 0.544. The summed E-state index contributed by atoms with van der Waals surface area (Å²) < 4.78 is 13.6. The van der Waals surface area contributed by atoms with Crippen LogP contribution in [0.15, 0.2) is 6.20 Å². The molecule has 0 bridgehead atoms. The highest BCUT2D eigenvalue weighted by molar-refractivity contribution is 5.43. The van der Waals surface area contributed by atoms with Crippen LogP contribution in [0.25, 0.3) is 0 Å². The molecule has 0 spiro atoms. The number of aromatic nitrogens is 2. The van der Waals surface area contributed by atoms with Crippen LogP contribution in [0.2, 0.25) is 0 Å². The summed E-state index contributed by atoms with van der Waals surface area (Å²) in [6.45, 7) is 7.73. The van der Waals surface area contributed by atoms with Crippen molar-refractivity contribution in [2.75, 3.05) is 30.4 Å². The van der Waals surface area contributed by atoms with Crippen LogP contribution in [-0.2, 0) is 0 Å². The second-order valence-electron chi connectivity index (χ2n) is 4.29. The van der Waals surface area contributed by atoms with Gasteiger partial charge in [-0.05, 0) is 12.8 Å². The lowest BCUT2D eigenvalue weighted by Crippen LogP contribution is -2.26. The van der Waals surface area contributed by atoms with Crippen molar-refractivity contribution >= 4 is 11.8 Å². The predicted molar refractivity (Wildman–Crippen MR) is 68.9 cm³/mol. The number of halogens is 1. The van der Waals surface area contributed by atoms with Gasteiger partial charge in [0.1, 0.15) is 0 Å². The van der Waals surface area contributed by atoms with Gasteiger partial charge in [-0.25, -0.2) is 9.37 Å². The first kappa shape index (κ1) is 13.7. The van der Waals surface area contributed by atoms with Crippen LogP contribution in [0.5, 0.6) is 0 Å². The number of rotatable bonds is 6. The van der Waals surface area contributed by atoms with Gasteiger partial charge in [-0.2, -0.15) is 4.98 Å². The van der Waals surface area contributed by atoms with E-state index in [1.54, 1.807) is 0 Å². The largest absolute Gasteiger partial charge is 0.357 e. The van der Waals surface area contributed by atoms with Crippen molar-refractivity contribution in [3.05, 3.63) is 12.0 Å². The number of nitrogens with zero attached hydrogens (tertiary/aromatic N) is 3. The molecule has 0 saturated heterocycles. The van der Waals surface area contributed by atoms with E-state index in [4.69, 9.17) is 0 Å². The molecule has 1 aromatic rings. The number of nitrogens with one attached hydrogen (secondary N) is 1. The van der Waals surface area contributed by atoms with E-state index in [0.29, 0.717) is 17.7 Å². The quantitative estimate of drug-likeness (QED) is 0.829. The first-order chi connectivity index (χ1) is 8.08. The maximum atomic E-state index is 13.6. The van der Waals surface area contributed by atoms with Gasteiger partial charge >= 0.3 is 0 Å². The Labute approximate surface area is 102 Å². The standard InChI is InChI=1S/C12H21FN4/c1-5-9(3)8-17(4)11-10(13)7-15-12(16-11)14-6-2/h7,9H,5-6,8H2,1-4H3,(H,14,15,16). The normalized spacial score (nSPS) is 12.3. The van der Waals surface area contributed by atoms with Crippen LogP contribution in [-0.4, -0.2) is 30.1 Å². The molecular weight excluding hydrogens is 219 g/mol. The molecule has 0 radical (unpaired) electrons. The summed E-state index contributed by atoms with van der Waals surface area (Å²) in [6.07, 6.45) is 2.28. The van der Waals surface area contributed by atoms with Crippen molar-refractivity contribution in [1.29, 1.82) is 0 Å². The van der Waals surface area contributed by atoms with Gasteiger partial charge in [0.25, 0.3) is 0 Å². The van der Waals surface area contributed by atoms with Crippen molar-refractivity contribution < 1.29 is 4.39 Å². The number of hydrogen-bond acceptors (Lipinski definition) is 4. The van der Waals surface area contributed by atoms with Crippen molar-refractivity contribution in [2.45, 2.75) is 27.2 Å².